The summed E-state index contributed by atoms with van der Waals surface area (Å²) >= 11 is 0. The van der Waals surface area contributed by atoms with Crippen LogP contribution in [0.2, 0.25) is 0 Å². The molecular weight excluding hydrogens is 260 g/mol. The summed E-state index contributed by atoms with van der Waals surface area (Å²) in [7, 11) is -3.74. The van der Waals surface area contributed by atoms with E-state index in [0.717, 1.165) is 0 Å². The molecule has 0 saturated carbocycles. The molecule has 18 heavy (non-hydrogen) atoms. The van der Waals surface area contributed by atoms with Gasteiger partial charge < -0.3 is 5.32 Å². The fourth-order valence-corrected chi connectivity index (χ4v) is 3.72. The Balaban J connectivity index is 2.07. The van der Waals surface area contributed by atoms with E-state index in [-0.39, 0.29) is 17.2 Å². The predicted molar refractivity (Wildman–Crippen MR) is 65.3 cm³/mol. The van der Waals surface area contributed by atoms with E-state index in [1.54, 1.807) is 6.07 Å². The van der Waals surface area contributed by atoms with Gasteiger partial charge in [0.15, 0.2) is 9.84 Å². The Kier molecular flexibility index (Phi) is 3.68. The highest BCUT2D eigenvalue weighted by Gasteiger charge is 2.38. The molecule has 0 atom stereocenters. The normalized spacial score (nSPS) is 17.4. The molecular formula is C12H15F2NO2S. The molecule has 2 rings (SSSR count). The first-order valence-corrected chi connectivity index (χ1v) is 7.56. The van der Waals surface area contributed by atoms with Crippen molar-refractivity contribution in [1.82, 2.24) is 5.32 Å². The van der Waals surface area contributed by atoms with Crippen LogP contribution in [-0.2, 0) is 15.8 Å². The Morgan fingerprint density at radius 1 is 1.22 bits per heavy atom. The summed E-state index contributed by atoms with van der Waals surface area (Å²) in [6, 6.07) is 7.08. The van der Waals surface area contributed by atoms with Crippen molar-refractivity contribution in [2.45, 2.75) is 5.92 Å². The summed E-state index contributed by atoms with van der Waals surface area (Å²) in [6.07, 6.45) is 0. The lowest BCUT2D eigenvalue weighted by Gasteiger charge is -2.27. The first-order valence-electron chi connectivity index (χ1n) is 5.73. The minimum Gasteiger partial charge on any atom is -0.316 e. The van der Waals surface area contributed by atoms with E-state index in [0.29, 0.717) is 13.1 Å². The molecule has 1 aliphatic heterocycles. The van der Waals surface area contributed by atoms with Crippen molar-refractivity contribution < 1.29 is 17.2 Å². The van der Waals surface area contributed by atoms with Gasteiger partial charge in [0.05, 0.1) is 5.75 Å². The zero-order valence-corrected chi connectivity index (χ0v) is 10.6. The first kappa shape index (κ1) is 13.4. The van der Waals surface area contributed by atoms with Gasteiger partial charge in [-0.1, -0.05) is 30.3 Å². The third kappa shape index (κ3) is 3.26. The fourth-order valence-electron chi connectivity index (χ4n) is 1.93. The maximum absolute atomic E-state index is 13.8. The van der Waals surface area contributed by atoms with Crippen LogP contribution < -0.4 is 5.32 Å². The van der Waals surface area contributed by atoms with Crippen molar-refractivity contribution in [3.8, 4) is 0 Å². The number of alkyl halides is 2. The van der Waals surface area contributed by atoms with Crippen molar-refractivity contribution in [3.63, 3.8) is 0 Å². The van der Waals surface area contributed by atoms with E-state index >= 15 is 0 Å². The molecule has 1 aromatic rings. The summed E-state index contributed by atoms with van der Waals surface area (Å²) in [6.45, 7) is 1.19. The fraction of sp³-hybridized carbons (Fsp3) is 0.500. The molecule has 0 spiro atoms. The average Bonchev–Trinajstić information content (AvgIpc) is 2.24. The topological polar surface area (TPSA) is 46.2 Å². The Morgan fingerprint density at radius 2 is 1.83 bits per heavy atom. The van der Waals surface area contributed by atoms with Gasteiger partial charge in [-0.2, -0.15) is 0 Å². The SMILES string of the molecule is O=S(=O)(CC1CNC1)CC(F)(F)c1ccccc1. The molecule has 6 heteroatoms. The van der Waals surface area contributed by atoms with Gasteiger partial charge >= 0.3 is 0 Å². The average molecular weight is 275 g/mol. The minimum absolute atomic E-state index is 0.0263. The second-order valence-electron chi connectivity index (χ2n) is 4.65. The number of sulfone groups is 1. The number of halogens is 2. The summed E-state index contributed by atoms with van der Waals surface area (Å²) in [4.78, 5) is 0. The van der Waals surface area contributed by atoms with Gasteiger partial charge in [0, 0.05) is 18.7 Å². The van der Waals surface area contributed by atoms with E-state index < -0.39 is 21.5 Å². The summed E-state index contributed by atoms with van der Waals surface area (Å²) in [5.41, 5.74) is -0.250. The van der Waals surface area contributed by atoms with Crippen LogP contribution in [0.1, 0.15) is 5.56 Å². The Hall–Kier alpha value is -1.01. The predicted octanol–water partition coefficient (Wildman–Crippen LogP) is 1.41. The summed E-state index contributed by atoms with van der Waals surface area (Å²) in [5, 5.41) is 2.93. The zero-order chi connectivity index (χ0) is 13.2. The minimum atomic E-state index is -3.74. The Bertz CT molecular complexity index is 498. The van der Waals surface area contributed by atoms with Crippen LogP contribution in [0.3, 0.4) is 0 Å². The molecule has 0 bridgehead atoms. The van der Waals surface area contributed by atoms with Gasteiger partial charge in [-0.25, -0.2) is 17.2 Å². The molecule has 1 N–H and O–H groups in total. The van der Waals surface area contributed by atoms with Gasteiger partial charge in [-0.05, 0) is 5.92 Å². The standard InChI is InChI=1S/C12H15F2NO2S/c13-12(14,11-4-2-1-3-5-11)9-18(16,17)8-10-6-15-7-10/h1-5,10,15H,6-9H2. The van der Waals surface area contributed by atoms with Crippen molar-refractivity contribution >= 4 is 9.84 Å². The molecule has 1 aromatic carbocycles. The lowest BCUT2D eigenvalue weighted by atomic mass is 10.1. The largest absolute Gasteiger partial charge is 0.316 e. The highest BCUT2D eigenvalue weighted by atomic mass is 32.2. The highest BCUT2D eigenvalue weighted by Crippen LogP contribution is 2.30. The molecule has 0 aromatic heterocycles. The monoisotopic (exact) mass is 275 g/mol. The molecule has 3 nitrogen and oxygen atoms in total. The first-order chi connectivity index (χ1) is 8.39. The number of hydrogen-bond donors (Lipinski definition) is 1. The van der Waals surface area contributed by atoms with Gasteiger partial charge in [0.1, 0.15) is 5.75 Å². The molecule has 1 fully saturated rings. The second kappa shape index (κ2) is 4.93. The van der Waals surface area contributed by atoms with E-state index in [9.17, 15) is 17.2 Å². The van der Waals surface area contributed by atoms with E-state index in [4.69, 9.17) is 0 Å². The number of benzene rings is 1. The quantitative estimate of drug-likeness (QED) is 0.884. The molecule has 0 unspecified atom stereocenters. The van der Waals surface area contributed by atoms with Gasteiger partial charge in [0.25, 0.3) is 5.92 Å². The molecule has 100 valence electrons. The summed E-state index contributed by atoms with van der Waals surface area (Å²) < 4.78 is 51.1. The number of rotatable bonds is 5. The molecule has 1 saturated heterocycles. The molecule has 1 heterocycles. The van der Waals surface area contributed by atoms with Gasteiger partial charge in [-0.15, -0.1) is 0 Å². The van der Waals surface area contributed by atoms with Crippen molar-refractivity contribution in [1.29, 1.82) is 0 Å². The van der Waals surface area contributed by atoms with Crippen LogP contribution in [0, 0.1) is 5.92 Å². The summed E-state index contributed by atoms with van der Waals surface area (Å²) in [5.74, 6) is -4.62. The van der Waals surface area contributed by atoms with Crippen LogP contribution in [0.5, 0.6) is 0 Å². The molecule has 0 radical (unpaired) electrons. The lowest BCUT2D eigenvalue weighted by Crippen LogP contribution is -2.46. The van der Waals surface area contributed by atoms with E-state index in [2.05, 4.69) is 5.32 Å². The van der Waals surface area contributed by atoms with Gasteiger partial charge in [-0.3, -0.25) is 0 Å². The number of nitrogens with one attached hydrogen (secondary N) is 1. The lowest BCUT2D eigenvalue weighted by molar-refractivity contribution is 0.0212. The third-order valence-corrected chi connectivity index (χ3v) is 4.73. The molecule has 0 aliphatic carbocycles. The van der Waals surface area contributed by atoms with Crippen LogP contribution in [0.15, 0.2) is 30.3 Å². The second-order valence-corrected chi connectivity index (χ2v) is 6.76. The van der Waals surface area contributed by atoms with Gasteiger partial charge in [0.2, 0.25) is 0 Å². The maximum atomic E-state index is 13.8. The zero-order valence-electron chi connectivity index (χ0n) is 9.77. The van der Waals surface area contributed by atoms with Crippen molar-refractivity contribution in [2.75, 3.05) is 24.6 Å². The molecule has 1 aliphatic rings. The van der Waals surface area contributed by atoms with Crippen LogP contribution >= 0.6 is 0 Å². The van der Waals surface area contributed by atoms with Crippen LogP contribution in [0.4, 0.5) is 8.78 Å². The van der Waals surface area contributed by atoms with Crippen molar-refractivity contribution in [3.05, 3.63) is 35.9 Å². The van der Waals surface area contributed by atoms with E-state index in [1.165, 1.54) is 24.3 Å². The number of hydrogen-bond acceptors (Lipinski definition) is 3. The Labute approximate surface area is 105 Å². The van der Waals surface area contributed by atoms with E-state index in [1.807, 2.05) is 0 Å². The third-order valence-electron chi connectivity index (χ3n) is 2.95. The smallest absolute Gasteiger partial charge is 0.287 e. The molecule has 0 amide bonds. The highest BCUT2D eigenvalue weighted by molar-refractivity contribution is 7.91. The Morgan fingerprint density at radius 3 is 2.33 bits per heavy atom. The van der Waals surface area contributed by atoms with Crippen LogP contribution in [-0.4, -0.2) is 33.0 Å². The van der Waals surface area contributed by atoms with Crippen LogP contribution in [0.25, 0.3) is 0 Å². The van der Waals surface area contributed by atoms with Crippen molar-refractivity contribution in [2.24, 2.45) is 5.92 Å². The maximum Gasteiger partial charge on any atom is 0.287 e.